The first kappa shape index (κ1) is 17.6. The van der Waals surface area contributed by atoms with E-state index >= 15 is 0 Å². The number of hydrogen-bond acceptors (Lipinski definition) is 4. The SMILES string of the molecule is C[C@H]1Oc2ccccc2O[C@H]1C(=O)Nc1cc(F)c(N2CCCC2)c(F)c1. The lowest BCUT2D eigenvalue weighted by atomic mass is 10.1. The van der Waals surface area contributed by atoms with Crippen LogP contribution in [0.4, 0.5) is 20.2 Å². The van der Waals surface area contributed by atoms with E-state index in [-0.39, 0.29) is 11.4 Å². The molecular formula is C20H20F2N2O3. The molecule has 4 rings (SSSR count). The number of rotatable bonds is 3. The van der Waals surface area contributed by atoms with Crippen LogP contribution in [0.25, 0.3) is 0 Å². The summed E-state index contributed by atoms with van der Waals surface area (Å²) in [5.41, 5.74) is 0.0117. The van der Waals surface area contributed by atoms with Crippen molar-refractivity contribution >= 4 is 17.3 Å². The van der Waals surface area contributed by atoms with Crippen molar-refractivity contribution in [3.05, 3.63) is 48.0 Å². The molecule has 0 saturated carbocycles. The van der Waals surface area contributed by atoms with Gasteiger partial charge in [-0.1, -0.05) is 12.1 Å². The lowest BCUT2D eigenvalue weighted by Crippen LogP contribution is -2.46. The quantitative estimate of drug-likeness (QED) is 0.890. The number of benzene rings is 2. The number of carbonyl (C=O) groups excluding carboxylic acids is 1. The van der Waals surface area contributed by atoms with Gasteiger partial charge in [0.05, 0.1) is 0 Å². The lowest BCUT2D eigenvalue weighted by Gasteiger charge is -2.31. The number of para-hydroxylation sites is 2. The van der Waals surface area contributed by atoms with E-state index in [2.05, 4.69) is 5.32 Å². The minimum atomic E-state index is -0.927. The van der Waals surface area contributed by atoms with Crippen LogP contribution in [0, 0.1) is 11.6 Å². The molecule has 27 heavy (non-hydrogen) atoms. The Morgan fingerprint density at radius 2 is 1.67 bits per heavy atom. The van der Waals surface area contributed by atoms with Gasteiger partial charge in [-0.3, -0.25) is 4.79 Å². The Kier molecular flexibility index (Phi) is 4.59. The summed E-state index contributed by atoms with van der Waals surface area (Å²) in [5, 5.41) is 2.53. The highest BCUT2D eigenvalue weighted by Crippen LogP contribution is 2.34. The molecule has 0 aliphatic carbocycles. The van der Waals surface area contributed by atoms with Crippen LogP contribution in [0.15, 0.2) is 36.4 Å². The van der Waals surface area contributed by atoms with Crippen molar-refractivity contribution in [2.24, 2.45) is 0 Å². The van der Waals surface area contributed by atoms with Gasteiger partial charge in [0.2, 0.25) is 6.10 Å². The van der Waals surface area contributed by atoms with Crippen molar-refractivity contribution in [3.8, 4) is 11.5 Å². The first-order valence-corrected chi connectivity index (χ1v) is 9.00. The van der Waals surface area contributed by atoms with Crippen molar-refractivity contribution in [1.82, 2.24) is 0 Å². The molecule has 1 fully saturated rings. The minimum Gasteiger partial charge on any atom is -0.482 e. The Labute approximate surface area is 155 Å². The Bertz CT molecular complexity index is 845. The highest BCUT2D eigenvalue weighted by atomic mass is 19.1. The van der Waals surface area contributed by atoms with Gasteiger partial charge in [0.15, 0.2) is 23.1 Å². The zero-order chi connectivity index (χ0) is 19.0. The molecule has 2 aromatic rings. The zero-order valence-corrected chi connectivity index (χ0v) is 14.9. The molecule has 1 amide bonds. The fraction of sp³-hybridized carbons (Fsp3) is 0.350. The highest BCUT2D eigenvalue weighted by Gasteiger charge is 2.34. The number of halogens is 2. The van der Waals surface area contributed by atoms with Gasteiger partial charge in [-0.25, -0.2) is 8.78 Å². The highest BCUT2D eigenvalue weighted by molar-refractivity contribution is 5.95. The van der Waals surface area contributed by atoms with Gasteiger partial charge in [-0.15, -0.1) is 0 Å². The number of nitrogens with one attached hydrogen (secondary N) is 1. The lowest BCUT2D eigenvalue weighted by molar-refractivity contribution is -0.128. The van der Waals surface area contributed by atoms with E-state index in [1.54, 1.807) is 30.0 Å². The molecule has 2 aliphatic heterocycles. The second kappa shape index (κ2) is 7.06. The second-order valence-electron chi connectivity index (χ2n) is 6.78. The summed E-state index contributed by atoms with van der Waals surface area (Å²) in [7, 11) is 0. The van der Waals surface area contributed by atoms with E-state index in [1.807, 2.05) is 6.07 Å². The molecule has 2 aromatic carbocycles. The van der Waals surface area contributed by atoms with Gasteiger partial charge in [-0.2, -0.15) is 0 Å². The Hall–Kier alpha value is -2.83. The molecule has 1 saturated heterocycles. The number of nitrogens with zero attached hydrogens (tertiary/aromatic N) is 1. The van der Waals surface area contributed by atoms with Crippen LogP contribution >= 0.6 is 0 Å². The monoisotopic (exact) mass is 374 g/mol. The van der Waals surface area contributed by atoms with Crippen LogP contribution in [0.5, 0.6) is 11.5 Å². The maximum Gasteiger partial charge on any atom is 0.269 e. The van der Waals surface area contributed by atoms with E-state index in [4.69, 9.17) is 9.47 Å². The van der Waals surface area contributed by atoms with Crippen LogP contribution < -0.4 is 19.7 Å². The fourth-order valence-electron chi connectivity index (χ4n) is 3.50. The number of fused-ring (bicyclic) bond motifs is 1. The van der Waals surface area contributed by atoms with Crippen LogP contribution in [0.2, 0.25) is 0 Å². The summed E-state index contributed by atoms with van der Waals surface area (Å²) in [4.78, 5) is 14.3. The molecule has 0 aromatic heterocycles. The number of carbonyl (C=O) groups is 1. The molecule has 0 spiro atoms. The largest absolute Gasteiger partial charge is 0.482 e. The molecule has 2 heterocycles. The van der Waals surface area contributed by atoms with Gasteiger partial charge in [0, 0.05) is 18.8 Å². The predicted molar refractivity (Wildman–Crippen MR) is 97.4 cm³/mol. The average Bonchev–Trinajstić information content (AvgIpc) is 3.14. The van der Waals surface area contributed by atoms with Crippen LogP contribution in [-0.4, -0.2) is 31.2 Å². The Balaban J connectivity index is 1.51. The standard InChI is InChI=1S/C20H20F2N2O3/c1-12-19(27-17-7-3-2-6-16(17)26-12)20(25)23-13-10-14(21)18(15(22)11-13)24-8-4-5-9-24/h2-3,6-7,10-12,19H,4-5,8-9H2,1H3,(H,23,25)/t12-,19-/m1/s1. The summed E-state index contributed by atoms with van der Waals surface area (Å²) < 4.78 is 40.3. The van der Waals surface area contributed by atoms with E-state index in [9.17, 15) is 13.6 Å². The van der Waals surface area contributed by atoms with Crippen LogP contribution in [0.1, 0.15) is 19.8 Å². The Morgan fingerprint density at radius 3 is 2.30 bits per heavy atom. The third-order valence-corrected chi connectivity index (χ3v) is 4.81. The number of anilines is 2. The molecule has 2 aliphatic rings. The molecular weight excluding hydrogens is 354 g/mol. The minimum absolute atomic E-state index is 0.0370. The van der Waals surface area contributed by atoms with Crippen molar-refractivity contribution in [3.63, 3.8) is 0 Å². The van der Waals surface area contributed by atoms with E-state index in [0.717, 1.165) is 25.0 Å². The summed E-state index contributed by atoms with van der Waals surface area (Å²) in [6, 6.07) is 9.30. The van der Waals surface area contributed by atoms with Crippen molar-refractivity contribution in [2.75, 3.05) is 23.3 Å². The van der Waals surface area contributed by atoms with Gasteiger partial charge < -0.3 is 19.7 Å². The topological polar surface area (TPSA) is 50.8 Å². The Morgan fingerprint density at radius 1 is 1.07 bits per heavy atom. The molecule has 0 unspecified atom stereocenters. The maximum absolute atomic E-state index is 14.4. The van der Waals surface area contributed by atoms with Gasteiger partial charge in [0.1, 0.15) is 11.8 Å². The van der Waals surface area contributed by atoms with Crippen molar-refractivity contribution in [2.45, 2.75) is 32.0 Å². The fourth-order valence-corrected chi connectivity index (χ4v) is 3.50. The molecule has 2 atom stereocenters. The summed E-state index contributed by atoms with van der Waals surface area (Å²) in [6.07, 6.45) is 0.355. The number of amides is 1. The third kappa shape index (κ3) is 3.41. The first-order valence-electron chi connectivity index (χ1n) is 9.00. The maximum atomic E-state index is 14.4. The van der Waals surface area contributed by atoms with Crippen LogP contribution in [-0.2, 0) is 4.79 Å². The summed E-state index contributed by atoms with van der Waals surface area (Å²) in [6.45, 7) is 2.96. The van der Waals surface area contributed by atoms with Gasteiger partial charge in [0.25, 0.3) is 5.91 Å². The second-order valence-corrected chi connectivity index (χ2v) is 6.78. The molecule has 0 radical (unpaired) electrons. The smallest absolute Gasteiger partial charge is 0.269 e. The van der Waals surface area contributed by atoms with E-state index in [0.29, 0.717) is 24.6 Å². The molecule has 142 valence electrons. The predicted octanol–water partition coefficient (Wildman–Crippen LogP) is 3.73. The zero-order valence-electron chi connectivity index (χ0n) is 14.9. The average molecular weight is 374 g/mol. The van der Waals surface area contributed by atoms with Crippen LogP contribution in [0.3, 0.4) is 0 Å². The van der Waals surface area contributed by atoms with Crippen molar-refractivity contribution in [1.29, 1.82) is 0 Å². The molecule has 0 bridgehead atoms. The molecule has 1 N–H and O–H groups in total. The number of hydrogen-bond donors (Lipinski definition) is 1. The normalized spacial score (nSPS) is 21.2. The van der Waals surface area contributed by atoms with Gasteiger partial charge >= 0.3 is 0 Å². The van der Waals surface area contributed by atoms with Crippen molar-refractivity contribution < 1.29 is 23.0 Å². The van der Waals surface area contributed by atoms with E-state index in [1.165, 1.54) is 0 Å². The molecule has 5 nitrogen and oxygen atoms in total. The first-order chi connectivity index (χ1) is 13.0. The number of ether oxygens (including phenoxy) is 2. The third-order valence-electron chi connectivity index (χ3n) is 4.81. The summed E-state index contributed by atoms with van der Waals surface area (Å²) in [5.74, 6) is -0.888. The van der Waals surface area contributed by atoms with E-state index < -0.39 is 29.7 Å². The van der Waals surface area contributed by atoms with Gasteiger partial charge in [-0.05, 0) is 44.0 Å². The molecule has 7 heteroatoms. The summed E-state index contributed by atoms with van der Waals surface area (Å²) >= 11 is 0.